The second kappa shape index (κ2) is 9.01. The summed E-state index contributed by atoms with van der Waals surface area (Å²) in [4.78, 5) is 13.8. The monoisotopic (exact) mass is 397 g/mol. The number of carbonyl (C=O) groups is 1. The van der Waals surface area contributed by atoms with Gasteiger partial charge in [-0.3, -0.25) is 4.79 Å². The zero-order chi connectivity index (χ0) is 19.3. The molecule has 2 aliphatic rings. The molecular formula is C19H28FN3O3S. The van der Waals surface area contributed by atoms with Crippen molar-refractivity contribution >= 4 is 21.6 Å². The Bertz CT molecular complexity index is 742. The smallest absolute Gasteiger partial charge is 0.223 e. The Kier molecular flexibility index (Phi) is 6.70. The first-order chi connectivity index (χ1) is 13.0. The summed E-state index contributed by atoms with van der Waals surface area (Å²) in [6, 6.07) is 6.55. The van der Waals surface area contributed by atoms with Gasteiger partial charge in [0.05, 0.1) is 11.4 Å². The van der Waals surface area contributed by atoms with Crippen molar-refractivity contribution in [2.45, 2.75) is 32.1 Å². The van der Waals surface area contributed by atoms with Gasteiger partial charge in [0.15, 0.2) is 0 Å². The summed E-state index contributed by atoms with van der Waals surface area (Å²) in [5.74, 6) is -0.0965. The van der Waals surface area contributed by atoms with Crippen molar-refractivity contribution in [3.63, 3.8) is 0 Å². The molecule has 0 unspecified atom stereocenters. The number of hydrogen-bond donors (Lipinski definition) is 1. The molecule has 27 heavy (non-hydrogen) atoms. The maximum atomic E-state index is 13.9. The molecule has 3 rings (SSSR count). The highest BCUT2D eigenvalue weighted by Gasteiger charge is 2.28. The van der Waals surface area contributed by atoms with Crippen LogP contribution in [0.4, 0.5) is 10.1 Å². The van der Waals surface area contributed by atoms with Crippen LogP contribution in [0.3, 0.4) is 0 Å². The Labute approximate surface area is 160 Å². The fourth-order valence-electron chi connectivity index (χ4n) is 3.84. The van der Waals surface area contributed by atoms with E-state index in [1.807, 2.05) is 4.90 Å². The number of para-hydroxylation sites is 1. The van der Waals surface area contributed by atoms with Crippen molar-refractivity contribution < 1.29 is 17.6 Å². The second-order valence-electron chi connectivity index (χ2n) is 7.28. The molecule has 150 valence electrons. The van der Waals surface area contributed by atoms with Gasteiger partial charge in [0.25, 0.3) is 0 Å². The fraction of sp³-hybridized carbons (Fsp3) is 0.632. The van der Waals surface area contributed by atoms with E-state index in [-0.39, 0.29) is 23.4 Å². The molecule has 0 aromatic heterocycles. The lowest BCUT2D eigenvalue weighted by Crippen LogP contribution is -2.49. The van der Waals surface area contributed by atoms with E-state index < -0.39 is 10.0 Å². The van der Waals surface area contributed by atoms with Crippen molar-refractivity contribution in [1.29, 1.82) is 0 Å². The van der Waals surface area contributed by atoms with E-state index in [9.17, 15) is 17.6 Å². The van der Waals surface area contributed by atoms with Gasteiger partial charge >= 0.3 is 0 Å². The van der Waals surface area contributed by atoms with Crippen LogP contribution in [0.25, 0.3) is 0 Å². The lowest BCUT2D eigenvalue weighted by molar-refractivity contribution is -0.124. The van der Waals surface area contributed by atoms with Gasteiger partial charge in [-0.25, -0.2) is 12.8 Å². The highest BCUT2D eigenvalue weighted by atomic mass is 32.2. The molecule has 2 fully saturated rings. The standard InChI is InChI=1S/C19H28FN3O3S/c20-17-8-3-4-9-18(17)22-11-13-23(14-12-22)27(25,26)15-5-10-21-19(24)16-6-1-2-7-16/h3-4,8-9,16H,1-2,5-7,10-15H2,(H,21,24). The van der Waals surface area contributed by atoms with Crippen LogP contribution >= 0.6 is 0 Å². The van der Waals surface area contributed by atoms with Crippen LogP contribution in [-0.2, 0) is 14.8 Å². The molecule has 1 aliphatic carbocycles. The van der Waals surface area contributed by atoms with Gasteiger partial charge in [0.1, 0.15) is 5.82 Å². The van der Waals surface area contributed by atoms with Gasteiger partial charge in [-0.05, 0) is 31.4 Å². The molecule has 8 heteroatoms. The van der Waals surface area contributed by atoms with Gasteiger partial charge in [-0.15, -0.1) is 0 Å². The van der Waals surface area contributed by atoms with E-state index in [0.29, 0.717) is 44.8 Å². The van der Waals surface area contributed by atoms with Gasteiger partial charge in [0.2, 0.25) is 15.9 Å². The third-order valence-electron chi connectivity index (χ3n) is 5.43. The lowest BCUT2D eigenvalue weighted by atomic mass is 10.1. The number of hydrogen-bond acceptors (Lipinski definition) is 4. The summed E-state index contributed by atoms with van der Waals surface area (Å²) in [6.45, 7) is 2.04. The fourth-order valence-corrected chi connectivity index (χ4v) is 5.33. The van der Waals surface area contributed by atoms with E-state index in [1.165, 1.54) is 10.4 Å². The summed E-state index contributed by atoms with van der Waals surface area (Å²) in [7, 11) is -3.35. The van der Waals surface area contributed by atoms with Crippen LogP contribution in [0.2, 0.25) is 0 Å². The first-order valence-corrected chi connectivity index (χ1v) is 11.3. The van der Waals surface area contributed by atoms with Crippen molar-refractivity contribution in [1.82, 2.24) is 9.62 Å². The highest BCUT2D eigenvalue weighted by molar-refractivity contribution is 7.89. The quantitative estimate of drug-likeness (QED) is 0.715. The van der Waals surface area contributed by atoms with E-state index >= 15 is 0 Å². The Morgan fingerprint density at radius 2 is 1.78 bits per heavy atom. The number of benzene rings is 1. The molecule has 1 saturated heterocycles. The average Bonchev–Trinajstić information content (AvgIpc) is 3.20. The number of nitrogens with one attached hydrogen (secondary N) is 1. The van der Waals surface area contributed by atoms with Crippen LogP contribution in [0, 0.1) is 11.7 Å². The van der Waals surface area contributed by atoms with E-state index in [0.717, 1.165) is 25.7 Å². The minimum absolute atomic E-state index is 0.0254. The second-order valence-corrected chi connectivity index (χ2v) is 9.37. The summed E-state index contributed by atoms with van der Waals surface area (Å²) in [5.41, 5.74) is 0.518. The average molecular weight is 398 g/mol. The van der Waals surface area contributed by atoms with Gasteiger partial charge in [-0.2, -0.15) is 4.31 Å². The van der Waals surface area contributed by atoms with Crippen molar-refractivity contribution in [3.05, 3.63) is 30.1 Å². The van der Waals surface area contributed by atoms with E-state index in [2.05, 4.69) is 5.32 Å². The molecule has 1 aromatic rings. The predicted octanol–water partition coefficient (Wildman–Crippen LogP) is 1.97. The molecule has 0 radical (unpaired) electrons. The summed E-state index contributed by atoms with van der Waals surface area (Å²) >= 11 is 0. The third kappa shape index (κ3) is 5.19. The van der Waals surface area contributed by atoms with Crippen LogP contribution in [0.5, 0.6) is 0 Å². The first-order valence-electron chi connectivity index (χ1n) is 9.72. The topological polar surface area (TPSA) is 69.7 Å². The molecule has 1 saturated carbocycles. The lowest BCUT2D eigenvalue weighted by Gasteiger charge is -2.35. The number of rotatable bonds is 7. The van der Waals surface area contributed by atoms with Gasteiger partial charge in [0, 0.05) is 38.6 Å². The maximum absolute atomic E-state index is 13.9. The number of carbonyl (C=O) groups excluding carboxylic acids is 1. The number of halogens is 1. The van der Waals surface area contributed by atoms with Crippen LogP contribution in [-0.4, -0.2) is 57.1 Å². The van der Waals surface area contributed by atoms with Gasteiger partial charge in [-0.1, -0.05) is 25.0 Å². The largest absolute Gasteiger partial charge is 0.367 e. The number of anilines is 1. The Hall–Kier alpha value is -1.67. The van der Waals surface area contributed by atoms with Crippen molar-refractivity contribution in [3.8, 4) is 0 Å². The number of piperazine rings is 1. The molecule has 1 heterocycles. The molecular weight excluding hydrogens is 369 g/mol. The molecule has 0 atom stereocenters. The van der Waals surface area contributed by atoms with Crippen LogP contribution in [0.1, 0.15) is 32.1 Å². The van der Waals surface area contributed by atoms with Crippen molar-refractivity contribution in [2.75, 3.05) is 43.4 Å². The molecule has 1 aromatic carbocycles. The Balaban J connectivity index is 1.41. The van der Waals surface area contributed by atoms with E-state index in [4.69, 9.17) is 0 Å². The van der Waals surface area contributed by atoms with Crippen LogP contribution in [0.15, 0.2) is 24.3 Å². The Morgan fingerprint density at radius 1 is 1.11 bits per heavy atom. The highest BCUT2D eigenvalue weighted by Crippen LogP contribution is 2.24. The minimum Gasteiger partial charge on any atom is -0.367 e. The maximum Gasteiger partial charge on any atom is 0.223 e. The first kappa shape index (κ1) is 20.1. The zero-order valence-corrected chi connectivity index (χ0v) is 16.4. The minimum atomic E-state index is -3.35. The van der Waals surface area contributed by atoms with Crippen LogP contribution < -0.4 is 10.2 Å². The number of nitrogens with zero attached hydrogens (tertiary/aromatic N) is 2. The Morgan fingerprint density at radius 3 is 2.44 bits per heavy atom. The molecule has 1 amide bonds. The summed E-state index contributed by atoms with van der Waals surface area (Å²) in [6.07, 6.45) is 4.50. The SMILES string of the molecule is O=C(NCCCS(=O)(=O)N1CCN(c2ccccc2F)CC1)C1CCCC1. The zero-order valence-electron chi connectivity index (χ0n) is 15.6. The number of amides is 1. The van der Waals surface area contributed by atoms with Gasteiger partial charge < -0.3 is 10.2 Å². The van der Waals surface area contributed by atoms with Crippen molar-refractivity contribution in [2.24, 2.45) is 5.92 Å². The molecule has 0 spiro atoms. The normalized spacial score (nSPS) is 19.4. The molecule has 1 aliphatic heterocycles. The summed E-state index contributed by atoms with van der Waals surface area (Å²) < 4.78 is 40.4. The molecule has 0 bridgehead atoms. The number of sulfonamides is 1. The summed E-state index contributed by atoms with van der Waals surface area (Å²) in [5, 5.41) is 2.86. The molecule has 6 nitrogen and oxygen atoms in total. The molecule has 1 N–H and O–H groups in total. The van der Waals surface area contributed by atoms with E-state index in [1.54, 1.807) is 18.2 Å². The predicted molar refractivity (Wildman–Crippen MR) is 104 cm³/mol. The third-order valence-corrected chi connectivity index (χ3v) is 7.39.